The van der Waals surface area contributed by atoms with Crippen LogP contribution in [-0.2, 0) is 0 Å². The third-order valence-corrected chi connectivity index (χ3v) is 1.70. The lowest BCUT2D eigenvalue weighted by atomic mass is 10.2. The molecule has 0 radical (unpaired) electrons. The van der Waals surface area contributed by atoms with Gasteiger partial charge < -0.3 is 11.1 Å². The number of rotatable bonds is 3. The van der Waals surface area contributed by atoms with Gasteiger partial charge in [0.2, 0.25) is 0 Å². The van der Waals surface area contributed by atoms with Crippen LogP contribution in [-0.4, -0.2) is 23.5 Å². The fourth-order valence-electron chi connectivity index (χ4n) is 0.902. The van der Waals surface area contributed by atoms with Crippen LogP contribution in [0.2, 0.25) is 0 Å². The molecule has 0 saturated heterocycles. The Hall–Kier alpha value is -1.49. The number of hydrogen-bond donors (Lipinski definition) is 2. The van der Waals surface area contributed by atoms with Crippen molar-refractivity contribution in [3.05, 3.63) is 29.8 Å². The zero-order valence-electron chi connectivity index (χ0n) is 7.83. The summed E-state index contributed by atoms with van der Waals surface area (Å²) in [5, 5.41) is 2.60. The van der Waals surface area contributed by atoms with Crippen molar-refractivity contribution >= 4 is 5.91 Å². The van der Waals surface area contributed by atoms with Gasteiger partial charge in [0.1, 0.15) is 5.82 Å². The molecule has 1 unspecified atom stereocenters. The minimum atomic E-state index is -0.530. The molecule has 0 aliphatic heterocycles. The molecule has 0 aliphatic rings. The van der Waals surface area contributed by atoms with Gasteiger partial charge in [-0.2, -0.15) is 0 Å². The third kappa shape index (κ3) is 2.77. The second-order valence-corrected chi connectivity index (χ2v) is 3.00. The fraction of sp³-hybridized carbons (Fsp3) is 0.333. The molecule has 5 heteroatoms. The summed E-state index contributed by atoms with van der Waals surface area (Å²) in [6.07, 6.45) is 2.35. The molecular formula is C9H12FN3O. The van der Waals surface area contributed by atoms with E-state index >= 15 is 0 Å². The van der Waals surface area contributed by atoms with Gasteiger partial charge in [-0.1, -0.05) is 0 Å². The first kappa shape index (κ1) is 10.6. The molecule has 1 amide bonds. The Balaban J connectivity index is 2.70. The maximum atomic E-state index is 12.7. The molecule has 0 aliphatic carbocycles. The molecule has 4 nitrogen and oxygen atoms in total. The smallest absolute Gasteiger partial charge is 0.253 e. The van der Waals surface area contributed by atoms with Gasteiger partial charge in [0.15, 0.2) is 0 Å². The van der Waals surface area contributed by atoms with Gasteiger partial charge in [0, 0.05) is 18.8 Å². The molecular weight excluding hydrogens is 185 g/mol. The Morgan fingerprint density at radius 1 is 1.71 bits per heavy atom. The largest absolute Gasteiger partial charge is 0.348 e. The van der Waals surface area contributed by atoms with Crippen LogP contribution in [0.1, 0.15) is 17.3 Å². The van der Waals surface area contributed by atoms with Crippen molar-refractivity contribution in [3.63, 3.8) is 0 Å². The molecule has 0 spiro atoms. The average Bonchev–Trinajstić information content (AvgIpc) is 2.17. The highest BCUT2D eigenvalue weighted by atomic mass is 19.1. The van der Waals surface area contributed by atoms with Crippen molar-refractivity contribution in [3.8, 4) is 0 Å². The number of nitrogens with one attached hydrogen (secondary N) is 1. The van der Waals surface area contributed by atoms with Gasteiger partial charge in [0.25, 0.3) is 5.91 Å². The normalized spacial score (nSPS) is 12.2. The maximum absolute atomic E-state index is 12.7. The number of carbonyl (C=O) groups excluding carboxylic acids is 1. The van der Waals surface area contributed by atoms with E-state index in [0.717, 1.165) is 12.3 Å². The van der Waals surface area contributed by atoms with Gasteiger partial charge in [-0.25, -0.2) is 4.39 Å². The highest BCUT2D eigenvalue weighted by Gasteiger charge is 2.09. The molecule has 14 heavy (non-hydrogen) atoms. The summed E-state index contributed by atoms with van der Waals surface area (Å²) in [4.78, 5) is 15.0. The van der Waals surface area contributed by atoms with Crippen LogP contribution in [0.4, 0.5) is 4.39 Å². The lowest BCUT2D eigenvalue weighted by Gasteiger charge is -2.10. The van der Waals surface area contributed by atoms with E-state index in [1.165, 1.54) is 6.20 Å². The lowest BCUT2D eigenvalue weighted by molar-refractivity contribution is 0.0940. The number of halogens is 1. The first-order valence-corrected chi connectivity index (χ1v) is 4.25. The van der Waals surface area contributed by atoms with Crippen LogP contribution < -0.4 is 11.1 Å². The molecule has 0 aromatic carbocycles. The summed E-state index contributed by atoms with van der Waals surface area (Å²) >= 11 is 0. The molecule has 1 aromatic heterocycles. The number of hydrogen-bond acceptors (Lipinski definition) is 3. The van der Waals surface area contributed by atoms with E-state index < -0.39 is 5.82 Å². The van der Waals surface area contributed by atoms with Crippen molar-refractivity contribution in [1.82, 2.24) is 10.3 Å². The van der Waals surface area contributed by atoms with Crippen molar-refractivity contribution in [1.29, 1.82) is 0 Å². The Morgan fingerprint density at radius 3 is 3.00 bits per heavy atom. The summed E-state index contributed by atoms with van der Waals surface area (Å²) in [7, 11) is 0. The zero-order valence-corrected chi connectivity index (χ0v) is 7.83. The Labute approximate surface area is 81.3 Å². The molecule has 1 atom stereocenters. The quantitative estimate of drug-likeness (QED) is 0.732. The summed E-state index contributed by atoms with van der Waals surface area (Å²) in [6, 6.07) is 0.997. The van der Waals surface area contributed by atoms with Gasteiger partial charge in [-0.05, 0) is 13.0 Å². The number of aromatic nitrogens is 1. The topological polar surface area (TPSA) is 68.0 Å². The van der Waals surface area contributed by atoms with Gasteiger partial charge in [0.05, 0.1) is 11.8 Å². The van der Waals surface area contributed by atoms with Gasteiger partial charge in [-0.3, -0.25) is 9.78 Å². The summed E-state index contributed by atoms with van der Waals surface area (Å²) in [5.41, 5.74) is 5.52. The Morgan fingerprint density at radius 2 is 2.43 bits per heavy atom. The van der Waals surface area contributed by atoms with Crippen LogP contribution in [0.5, 0.6) is 0 Å². The highest BCUT2D eigenvalue weighted by molar-refractivity contribution is 5.94. The maximum Gasteiger partial charge on any atom is 0.253 e. The summed E-state index contributed by atoms with van der Waals surface area (Å²) in [6.45, 7) is 2.11. The first-order valence-electron chi connectivity index (χ1n) is 4.25. The van der Waals surface area contributed by atoms with E-state index in [2.05, 4.69) is 10.3 Å². The predicted octanol–water partition coefficient (Wildman–Crippen LogP) is 0.298. The van der Waals surface area contributed by atoms with Crippen LogP contribution in [0.15, 0.2) is 18.5 Å². The van der Waals surface area contributed by atoms with Crippen LogP contribution in [0, 0.1) is 5.82 Å². The molecule has 0 fully saturated rings. The van der Waals surface area contributed by atoms with Crippen LogP contribution >= 0.6 is 0 Å². The third-order valence-electron chi connectivity index (χ3n) is 1.70. The number of amides is 1. The number of pyridine rings is 1. The summed E-state index contributed by atoms with van der Waals surface area (Å²) < 4.78 is 12.7. The molecule has 3 N–H and O–H groups in total. The van der Waals surface area contributed by atoms with Crippen LogP contribution in [0.25, 0.3) is 0 Å². The highest BCUT2D eigenvalue weighted by Crippen LogP contribution is 2.00. The lowest BCUT2D eigenvalue weighted by Crippen LogP contribution is -2.37. The average molecular weight is 197 g/mol. The summed E-state index contributed by atoms with van der Waals surface area (Å²) in [5.74, 6) is -0.895. The number of nitrogens with zero attached hydrogens (tertiary/aromatic N) is 1. The van der Waals surface area contributed by atoms with E-state index in [-0.39, 0.29) is 17.5 Å². The molecule has 1 aromatic rings. The number of carbonyl (C=O) groups is 1. The SMILES string of the molecule is CC(CN)NC(=O)c1cncc(F)c1. The first-order chi connectivity index (χ1) is 6.63. The minimum absolute atomic E-state index is 0.134. The second-order valence-electron chi connectivity index (χ2n) is 3.00. The fourth-order valence-corrected chi connectivity index (χ4v) is 0.902. The monoisotopic (exact) mass is 197 g/mol. The molecule has 0 bridgehead atoms. The van der Waals surface area contributed by atoms with E-state index in [1.807, 2.05) is 0 Å². The molecule has 76 valence electrons. The van der Waals surface area contributed by atoms with E-state index in [4.69, 9.17) is 5.73 Å². The second kappa shape index (κ2) is 4.66. The Kier molecular flexibility index (Phi) is 3.53. The van der Waals surface area contributed by atoms with Gasteiger partial charge in [-0.15, -0.1) is 0 Å². The molecule has 0 saturated carbocycles. The van der Waals surface area contributed by atoms with Crippen molar-refractivity contribution in [2.24, 2.45) is 5.73 Å². The van der Waals surface area contributed by atoms with E-state index in [0.29, 0.717) is 6.54 Å². The van der Waals surface area contributed by atoms with Crippen molar-refractivity contribution in [2.45, 2.75) is 13.0 Å². The zero-order chi connectivity index (χ0) is 10.6. The standard InChI is InChI=1S/C9H12FN3O/c1-6(3-11)13-9(14)7-2-8(10)5-12-4-7/h2,4-6H,3,11H2,1H3,(H,13,14). The van der Waals surface area contributed by atoms with Gasteiger partial charge >= 0.3 is 0 Å². The van der Waals surface area contributed by atoms with Crippen molar-refractivity contribution < 1.29 is 9.18 Å². The van der Waals surface area contributed by atoms with Crippen LogP contribution in [0.3, 0.4) is 0 Å². The molecule has 1 rings (SSSR count). The van der Waals surface area contributed by atoms with Crippen molar-refractivity contribution in [2.75, 3.05) is 6.54 Å². The predicted molar refractivity (Wildman–Crippen MR) is 50.2 cm³/mol. The molecule has 1 heterocycles. The Bertz CT molecular complexity index is 330. The van der Waals surface area contributed by atoms with E-state index in [1.54, 1.807) is 6.92 Å². The van der Waals surface area contributed by atoms with E-state index in [9.17, 15) is 9.18 Å². The number of nitrogens with two attached hydrogens (primary N) is 1. The minimum Gasteiger partial charge on any atom is -0.348 e.